The second-order valence-electron chi connectivity index (χ2n) is 17.5. The summed E-state index contributed by atoms with van der Waals surface area (Å²) in [5, 5.41) is 29.6. The lowest BCUT2D eigenvalue weighted by molar-refractivity contribution is -0.183. The van der Waals surface area contributed by atoms with E-state index in [-0.39, 0.29) is 42.3 Å². The number of benzene rings is 4. The second-order valence-corrected chi connectivity index (χ2v) is 17.5. The number of nitrogens with zero attached hydrogens (tertiary/aromatic N) is 2. The molecular formula is C48H60N4O6. The number of carbonyl (C=O) groups excluding carboxylic acids is 2. The number of para-hydroxylation sites is 1. The average molecular weight is 789 g/mol. The summed E-state index contributed by atoms with van der Waals surface area (Å²) in [7, 11) is 5.50. The zero-order chi connectivity index (χ0) is 41.3. The van der Waals surface area contributed by atoms with Gasteiger partial charge in [-0.15, -0.1) is 0 Å². The van der Waals surface area contributed by atoms with Crippen LogP contribution in [0.15, 0.2) is 97.1 Å². The van der Waals surface area contributed by atoms with Crippen molar-refractivity contribution in [3.05, 3.63) is 119 Å². The molecule has 4 fully saturated rings. The van der Waals surface area contributed by atoms with Gasteiger partial charge in [-0.2, -0.15) is 5.06 Å². The van der Waals surface area contributed by atoms with E-state index in [2.05, 4.69) is 55.7 Å². The summed E-state index contributed by atoms with van der Waals surface area (Å²) in [6.45, 7) is 8.80. The Morgan fingerprint density at radius 1 is 0.966 bits per heavy atom. The molecule has 0 spiro atoms. The van der Waals surface area contributed by atoms with Crippen LogP contribution in [0.25, 0.3) is 11.1 Å². The van der Waals surface area contributed by atoms with Crippen LogP contribution in [0.4, 0.5) is 5.69 Å². The minimum Gasteiger partial charge on any atom is -0.496 e. The molecule has 8 atom stereocenters. The van der Waals surface area contributed by atoms with Crippen molar-refractivity contribution in [2.75, 3.05) is 39.3 Å². The molecule has 308 valence electrons. The van der Waals surface area contributed by atoms with Crippen LogP contribution in [-0.4, -0.2) is 85.7 Å². The molecule has 8 rings (SSSR count). The topological polar surface area (TPSA) is 124 Å². The van der Waals surface area contributed by atoms with Crippen LogP contribution in [0.3, 0.4) is 0 Å². The minimum atomic E-state index is -0.906. The molecule has 0 radical (unpaired) electrons. The number of anilines is 1. The highest BCUT2D eigenvalue weighted by molar-refractivity contribution is 5.97. The highest BCUT2D eigenvalue weighted by atomic mass is 16.7. The van der Waals surface area contributed by atoms with Gasteiger partial charge in [-0.05, 0) is 77.8 Å². The SMILES string of the molecule is COc1c(CN2O[C@@H](CO)[C@H]([C@H](C)O)[C@H]2C(=O)N[C@H]2C[C@H]3C[C@@H]([C@@H]2C)C3(C)C)cccc1-c1cc(C(=O)NCC(c2ccccc2)c2ccccc2)cc(N(C)C)c1. The van der Waals surface area contributed by atoms with E-state index in [1.807, 2.05) is 91.8 Å². The predicted molar refractivity (Wildman–Crippen MR) is 227 cm³/mol. The lowest BCUT2D eigenvalue weighted by Crippen LogP contribution is -2.62. The molecular weight excluding hydrogens is 729 g/mol. The van der Waals surface area contributed by atoms with Crippen LogP contribution in [0.5, 0.6) is 5.75 Å². The summed E-state index contributed by atoms with van der Waals surface area (Å²) in [5.74, 6) is 0.950. The van der Waals surface area contributed by atoms with Gasteiger partial charge in [0.2, 0.25) is 5.91 Å². The molecule has 4 aliphatic rings. The third-order valence-electron chi connectivity index (χ3n) is 13.6. The molecule has 2 amide bonds. The highest BCUT2D eigenvalue weighted by Crippen LogP contribution is 2.61. The Bertz CT molecular complexity index is 2020. The van der Waals surface area contributed by atoms with Gasteiger partial charge in [0, 0.05) is 60.9 Å². The number of aliphatic hydroxyl groups excluding tert-OH is 2. The van der Waals surface area contributed by atoms with Crippen molar-refractivity contribution in [3.63, 3.8) is 0 Å². The van der Waals surface area contributed by atoms with E-state index in [1.165, 1.54) is 6.42 Å². The summed E-state index contributed by atoms with van der Waals surface area (Å²) < 4.78 is 6.12. The molecule has 10 nitrogen and oxygen atoms in total. The summed E-state index contributed by atoms with van der Waals surface area (Å²) in [6.07, 6.45) is 0.457. The van der Waals surface area contributed by atoms with Crippen molar-refractivity contribution in [1.82, 2.24) is 15.7 Å². The number of methoxy groups -OCH3 is 1. The van der Waals surface area contributed by atoms with Gasteiger partial charge in [-0.25, -0.2) is 0 Å². The van der Waals surface area contributed by atoms with E-state index >= 15 is 0 Å². The molecule has 0 unspecified atom stereocenters. The summed E-state index contributed by atoms with van der Waals surface area (Å²) in [6, 6.07) is 31.2. The Balaban J connectivity index is 1.16. The number of hydrogen-bond donors (Lipinski definition) is 4. The maximum absolute atomic E-state index is 14.3. The van der Waals surface area contributed by atoms with Gasteiger partial charge >= 0.3 is 0 Å². The van der Waals surface area contributed by atoms with Crippen LogP contribution in [0, 0.1) is 29.1 Å². The standard InChI is InChI=1S/C48H60N4O6/c1-29-40-24-36(48(40,3)4)25-41(29)50-47(56)44-43(30(2)54)42(28-53)58-52(44)27-33-19-14-20-38(45(33)57-7)34-21-35(23-37(22-34)51(5)6)46(55)49-26-39(31-15-10-8-11-16-31)32-17-12-9-13-18-32/h8-23,29-30,36,39-44,53-54H,24-28H2,1-7H3,(H,49,55)(H,50,56)/t29-,30-,36+,40-,41-,42-,43-,44-/m0/s1. The third kappa shape index (κ3) is 8.12. The first-order valence-electron chi connectivity index (χ1n) is 20.7. The maximum atomic E-state index is 14.3. The number of aliphatic hydroxyl groups is 2. The third-order valence-corrected chi connectivity index (χ3v) is 13.6. The molecule has 4 aromatic carbocycles. The monoisotopic (exact) mass is 788 g/mol. The van der Waals surface area contributed by atoms with E-state index in [9.17, 15) is 19.8 Å². The lowest BCUT2D eigenvalue weighted by atomic mass is 9.45. The van der Waals surface area contributed by atoms with E-state index < -0.39 is 24.2 Å². The van der Waals surface area contributed by atoms with Gasteiger partial charge in [0.1, 0.15) is 17.9 Å². The Hall–Kier alpha value is -4.74. The van der Waals surface area contributed by atoms with E-state index in [4.69, 9.17) is 9.57 Å². The zero-order valence-corrected chi connectivity index (χ0v) is 34.9. The van der Waals surface area contributed by atoms with Gasteiger partial charge < -0.3 is 30.5 Å². The van der Waals surface area contributed by atoms with E-state index in [0.717, 1.165) is 39.9 Å². The van der Waals surface area contributed by atoms with Crippen LogP contribution in [0.2, 0.25) is 0 Å². The number of hydroxylamine groups is 2. The number of amides is 2. The molecule has 1 aliphatic heterocycles. The molecule has 4 N–H and O–H groups in total. The number of rotatable bonds is 14. The molecule has 0 aromatic heterocycles. The summed E-state index contributed by atoms with van der Waals surface area (Å²) >= 11 is 0. The quantitative estimate of drug-likeness (QED) is 0.112. The fourth-order valence-corrected chi connectivity index (χ4v) is 10.1. The molecule has 4 aromatic rings. The Morgan fingerprint density at radius 3 is 2.21 bits per heavy atom. The largest absolute Gasteiger partial charge is 0.496 e. The molecule has 1 heterocycles. The van der Waals surface area contributed by atoms with Gasteiger partial charge in [-0.3, -0.25) is 14.4 Å². The van der Waals surface area contributed by atoms with Gasteiger partial charge in [0.25, 0.3) is 5.91 Å². The zero-order valence-electron chi connectivity index (χ0n) is 34.9. The van der Waals surface area contributed by atoms with Crippen molar-refractivity contribution < 1.29 is 29.4 Å². The van der Waals surface area contributed by atoms with Crippen molar-refractivity contribution in [1.29, 1.82) is 0 Å². The highest BCUT2D eigenvalue weighted by Gasteiger charge is 2.57. The molecule has 58 heavy (non-hydrogen) atoms. The van der Waals surface area contributed by atoms with Gasteiger partial charge in [0.05, 0.1) is 26.4 Å². The second kappa shape index (κ2) is 17.2. The number of hydrogen-bond acceptors (Lipinski definition) is 8. The average Bonchev–Trinajstić information content (AvgIpc) is 3.60. The molecule has 1 saturated heterocycles. The first kappa shape index (κ1) is 41.4. The van der Waals surface area contributed by atoms with Crippen LogP contribution in [0.1, 0.15) is 73.5 Å². The maximum Gasteiger partial charge on any atom is 0.251 e. The number of nitrogens with one attached hydrogen (secondary N) is 2. The fourth-order valence-electron chi connectivity index (χ4n) is 10.1. The Kier molecular flexibility index (Phi) is 12.3. The number of carbonyl (C=O) groups is 2. The van der Waals surface area contributed by atoms with Crippen LogP contribution >= 0.6 is 0 Å². The van der Waals surface area contributed by atoms with Gasteiger partial charge in [-0.1, -0.05) is 99.6 Å². The van der Waals surface area contributed by atoms with Gasteiger partial charge in [0.15, 0.2) is 0 Å². The normalized spacial score (nSPS) is 25.4. The smallest absolute Gasteiger partial charge is 0.251 e. The Morgan fingerprint density at radius 2 is 1.64 bits per heavy atom. The van der Waals surface area contributed by atoms with Crippen LogP contribution < -0.4 is 20.3 Å². The molecule has 3 aliphatic carbocycles. The first-order valence-corrected chi connectivity index (χ1v) is 20.7. The molecule has 3 saturated carbocycles. The summed E-state index contributed by atoms with van der Waals surface area (Å²) in [5.41, 5.74) is 6.19. The first-order chi connectivity index (χ1) is 27.8. The van der Waals surface area contributed by atoms with Crippen molar-refractivity contribution >= 4 is 17.5 Å². The van der Waals surface area contributed by atoms with Crippen LogP contribution in [-0.2, 0) is 16.2 Å². The molecule has 2 bridgehead atoms. The lowest BCUT2D eigenvalue weighted by Gasteiger charge is -2.62. The van der Waals surface area contributed by atoms with Crippen molar-refractivity contribution in [2.45, 2.75) is 77.3 Å². The molecule has 10 heteroatoms. The van der Waals surface area contributed by atoms with Crippen molar-refractivity contribution in [2.24, 2.45) is 29.1 Å². The number of fused-ring (bicyclic) bond motifs is 2. The van der Waals surface area contributed by atoms with E-state index in [0.29, 0.717) is 35.6 Å². The predicted octanol–water partition coefficient (Wildman–Crippen LogP) is 6.65. The summed E-state index contributed by atoms with van der Waals surface area (Å²) in [4.78, 5) is 36.6. The van der Waals surface area contributed by atoms with E-state index in [1.54, 1.807) is 19.1 Å². The minimum absolute atomic E-state index is 0.0268. The number of ether oxygens (including phenoxy) is 1. The van der Waals surface area contributed by atoms with Crippen molar-refractivity contribution in [3.8, 4) is 16.9 Å². The fraction of sp³-hybridized carbons (Fsp3) is 0.458. The Labute approximate surface area is 343 Å².